The summed E-state index contributed by atoms with van der Waals surface area (Å²) in [6.07, 6.45) is 1.82. The summed E-state index contributed by atoms with van der Waals surface area (Å²) < 4.78 is 2.17. The van der Waals surface area contributed by atoms with Gasteiger partial charge in [-0.15, -0.1) is 0 Å². The molecule has 1 aromatic heterocycles. The molecular formula is C28H22N2O2S. The molecule has 1 saturated heterocycles. The molecule has 162 valence electrons. The molecule has 5 rings (SSSR count). The number of benzene rings is 3. The fourth-order valence-electron chi connectivity index (χ4n) is 4.17. The average molecular weight is 451 g/mol. The van der Waals surface area contributed by atoms with E-state index in [4.69, 9.17) is 0 Å². The molecule has 2 amide bonds. The number of anilines is 1. The Bertz CT molecular complexity index is 1370. The Kier molecular flexibility index (Phi) is 5.48. The summed E-state index contributed by atoms with van der Waals surface area (Å²) >= 11 is 0.980. The molecule has 1 aliphatic heterocycles. The Morgan fingerprint density at radius 2 is 1.33 bits per heavy atom. The van der Waals surface area contributed by atoms with Crippen LogP contribution in [0.25, 0.3) is 22.9 Å². The Hall–Kier alpha value is -3.83. The quantitative estimate of drug-likeness (QED) is 0.314. The Labute approximate surface area is 197 Å². The van der Waals surface area contributed by atoms with Gasteiger partial charge in [0.05, 0.1) is 10.6 Å². The maximum absolute atomic E-state index is 13.0. The Morgan fingerprint density at radius 1 is 0.727 bits per heavy atom. The normalized spacial score (nSPS) is 15.0. The lowest BCUT2D eigenvalue weighted by molar-refractivity contribution is -0.113. The van der Waals surface area contributed by atoms with Crippen LogP contribution in [0.2, 0.25) is 0 Å². The van der Waals surface area contributed by atoms with E-state index in [0.717, 1.165) is 40.0 Å². The Morgan fingerprint density at radius 3 is 2.00 bits per heavy atom. The Balaban J connectivity index is 1.46. The third-order valence-corrected chi connectivity index (χ3v) is 6.67. The van der Waals surface area contributed by atoms with E-state index in [1.807, 2.05) is 56.3 Å². The minimum absolute atomic E-state index is 0.275. The summed E-state index contributed by atoms with van der Waals surface area (Å²) in [6.45, 7) is 4.08. The van der Waals surface area contributed by atoms with E-state index < -0.39 is 0 Å². The summed E-state index contributed by atoms with van der Waals surface area (Å²) in [7, 11) is 0. The van der Waals surface area contributed by atoms with Gasteiger partial charge >= 0.3 is 0 Å². The first-order valence-electron chi connectivity index (χ1n) is 10.7. The molecule has 0 spiro atoms. The van der Waals surface area contributed by atoms with Crippen molar-refractivity contribution < 1.29 is 9.59 Å². The van der Waals surface area contributed by atoms with E-state index in [1.165, 1.54) is 10.5 Å². The number of amides is 2. The molecule has 0 N–H and O–H groups in total. The summed E-state index contributed by atoms with van der Waals surface area (Å²) in [5, 5.41) is -0.275. The minimum Gasteiger partial charge on any atom is -0.318 e. The van der Waals surface area contributed by atoms with Gasteiger partial charge in [0.25, 0.3) is 11.1 Å². The number of imide groups is 1. The van der Waals surface area contributed by atoms with Crippen LogP contribution in [0.1, 0.15) is 17.0 Å². The molecule has 33 heavy (non-hydrogen) atoms. The molecule has 4 nitrogen and oxygen atoms in total. The number of hydrogen-bond acceptors (Lipinski definition) is 3. The van der Waals surface area contributed by atoms with Gasteiger partial charge in [0.2, 0.25) is 0 Å². The van der Waals surface area contributed by atoms with Crippen molar-refractivity contribution in [3.63, 3.8) is 0 Å². The summed E-state index contributed by atoms with van der Waals surface area (Å²) in [4.78, 5) is 27.2. The highest BCUT2D eigenvalue weighted by molar-refractivity contribution is 8.19. The smallest absolute Gasteiger partial charge is 0.298 e. The molecular weight excluding hydrogens is 428 g/mol. The van der Waals surface area contributed by atoms with Gasteiger partial charge < -0.3 is 4.57 Å². The second-order valence-corrected chi connectivity index (χ2v) is 8.92. The van der Waals surface area contributed by atoms with Crippen LogP contribution >= 0.6 is 11.8 Å². The minimum atomic E-state index is -0.284. The standard InChI is InChI=1S/C28H22N2O2S/c1-19-17-23(18-26-27(31)30(28(32)33-26)24-11-7-4-8-12-24)20(2)29(19)25-15-13-22(14-16-25)21-9-5-3-6-10-21/h3-18H,1-2H3/b26-18+. The number of aromatic nitrogens is 1. The van der Waals surface area contributed by atoms with Gasteiger partial charge in [0, 0.05) is 17.1 Å². The third kappa shape index (κ3) is 3.92. The van der Waals surface area contributed by atoms with E-state index in [-0.39, 0.29) is 11.1 Å². The molecule has 1 fully saturated rings. The van der Waals surface area contributed by atoms with Gasteiger partial charge in [-0.1, -0.05) is 60.7 Å². The van der Waals surface area contributed by atoms with E-state index in [1.54, 1.807) is 12.1 Å². The highest BCUT2D eigenvalue weighted by Gasteiger charge is 2.36. The summed E-state index contributed by atoms with van der Waals surface area (Å²) in [6, 6.07) is 29.8. The second kappa shape index (κ2) is 8.60. The van der Waals surface area contributed by atoms with Crippen LogP contribution in [-0.2, 0) is 4.79 Å². The molecule has 0 radical (unpaired) electrons. The molecule has 1 aliphatic rings. The number of rotatable bonds is 4. The number of thioether (sulfide) groups is 1. The molecule has 0 aliphatic carbocycles. The fraction of sp³-hybridized carbons (Fsp3) is 0.0714. The largest absolute Gasteiger partial charge is 0.318 e. The predicted molar refractivity (Wildman–Crippen MR) is 136 cm³/mol. The van der Waals surface area contributed by atoms with Crippen LogP contribution in [0.15, 0.2) is 95.9 Å². The number of para-hydroxylation sites is 1. The molecule has 2 heterocycles. The number of hydrogen-bond donors (Lipinski definition) is 0. The maximum Gasteiger partial charge on any atom is 0.298 e. The van der Waals surface area contributed by atoms with Crippen LogP contribution in [-0.4, -0.2) is 15.7 Å². The monoisotopic (exact) mass is 450 g/mol. The lowest BCUT2D eigenvalue weighted by Gasteiger charge is -2.12. The first kappa shape index (κ1) is 21.0. The average Bonchev–Trinajstić information content (AvgIpc) is 3.28. The zero-order valence-corrected chi connectivity index (χ0v) is 19.2. The number of carbonyl (C=O) groups excluding carboxylic acids is 2. The van der Waals surface area contributed by atoms with Crippen molar-refractivity contribution in [3.8, 4) is 16.8 Å². The number of aryl methyl sites for hydroxylation is 1. The van der Waals surface area contributed by atoms with Crippen LogP contribution in [0.4, 0.5) is 10.5 Å². The third-order valence-electron chi connectivity index (χ3n) is 5.80. The van der Waals surface area contributed by atoms with E-state index in [0.29, 0.717) is 10.6 Å². The zero-order valence-electron chi connectivity index (χ0n) is 18.4. The lowest BCUT2D eigenvalue weighted by Crippen LogP contribution is -2.27. The summed E-state index contributed by atoms with van der Waals surface area (Å²) in [5.74, 6) is -0.284. The fourth-order valence-corrected chi connectivity index (χ4v) is 5.01. The van der Waals surface area contributed by atoms with Crippen LogP contribution in [0.3, 0.4) is 0 Å². The summed E-state index contributed by atoms with van der Waals surface area (Å²) in [5.41, 5.74) is 7.00. The van der Waals surface area contributed by atoms with E-state index in [9.17, 15) is 9.59 Å². The predicted octanol–water partition coefficient (Wildman–Crippen LogP) is 7.00. The molecule has 0 unspecified atom stereocenters. The van der Waals surface area contributed by atoms with Crippen molar-refractivity contribution in [2.24, 2.45) is 0 Å². The second-order valence-electron chi connectivity index (χ2n) is 7.93. The van der Waals surface area contributed by atoms with Gasteiger partial charge in [0.1, 0.15) is 0 Å². The van der Waals surface area contributed by atoms with Crippen molar-refractivity contribution in [1.82, 2.24) is 4.57 Å². The van der Waals surface area contributed by atoms with E-state index in [2.05, 4.69) is 47.0 Å². The van der Waals surface area contributed by atoms with Crippen molar-refractivity contribution >= 4 is 34.7 Å². The van der Waals surface area contributed by atoms with Gasteiger partial charge in [-0.05, 0) is 78.7 Å². The lowest BCUT2D eigenvalue weighted by atomic mass is 10.1. The van der Waals surface area contributed by atoms with Crippen molar-refractivity contribution in [2.45, 2.75) is 13.8 Å². The highest BCUT2D eigenvalue weighted by Crippen LogP contribution is 2.36. The topological polar surface area (TPSA) is 42.3 Å². The maximum atomic E-state index is 13.0. The number of nitrogens with zero attached hydrogens (tertiary/aromatic N) is 2. The molecule has 0 bridgehead atoms. The van der Waals surface area contributed by atoms with Crippen molar-refractivity contribution in [2.75, 3.05) is 4.90 Å². The van der Waals surface area contributed by atoms with Crippen LogP contribution in [0.5, 0.6) is 0 Å². The first-order chi connectivity index (χ1) is 16.0. The van der Waals surface area contributed by atoms with Gasteiger partial charge in [-0.25, -0.2) is 4.90 Å². The van der Waals surface area contributed by atoms with Crippen LogP contribution < -0.4 is 4.90 Å². The SMILES string of the molecule is Cc1cc(/C=C2/SC(=O)N(c3ccccc3)C2=O)c(C)n1-c1ccc(-c2ccccc2)cc1. The van der Waals surface area contributed by atoms with Gasteiger partial charge in [-0.3, -0.25) is 9.59 Å². The van der Waals surface area contributed by atoms with Gasteiger partial charge in [-0.2, -0.15) is 0 Å². The highest BCUT2D eigenvalue weighted by atomic mass is 32.2. The molecule has 0 atom stereocenters. The first-order valence-corrected chi connectivity index (χ1v) is 11.5. The molecule has 4 aromatic rings. The van der Waals surface area contributed by atoms with Gasteiger partial charge in [0.15, 0.2) is 0 Å². The molecule has 5 heteroatoms. The van der Waals surface area contributed by atoms with Crippen molar-refractivity contribution in [3.05, 3.63) is 113 Å². The van der Waals surface area contributed by atoms with Crippen LogP contribution in [0, 0.1) is 13.8 Å². The van der Waals surface area contributed by atoms with E-state index >= 15 is 0 Å². The molecule has 0 saturated carbocycles. The van der Waals surface area contributed by atoms with Crippen molar-refractivity contribution in [1.29, 1.82) is 0 Å². The zero-order chi connectivity index (χ0) is 22.9. The molecule has 3 aromatic carbocycles. The number of carbonyl (C=O) groups is 2.